The van der Waals surface area contributed by atoms with Crippen molar-refractivity contribution < 1.29 is 12.8 Å². The summed E-state index contributed by atoms with van der Waals surface area (Å²) in [6, 6.07) is 5.65. The molecule has 1 saturated heterocycles. The zero-order valence-electron chi connectivity index (χ0n) is 12.0. The third kappa shape index (κ3) is 3.38. The molecule has 0 atom stereocenters. The predicted molar refractivity (Wildman–Crippen MR) is 77.6 cm³/mol. The van der Waals surface area contributed by atoms with E-state index in [0.29, 0.717) is 12.8 Å². The molecule has 1 aliphatic heterocycles. The van der Waals surface area contributed by atoms with Crippen LogP contribution in [0.4, 0.5) is 4.39 Å². The van der Waals surface area contributed by atoms with Crippen LogP contribution in [-0.4, -0.2) is 38.2 Å². The van der Waals surface area contributed by atoms with Crippen LogP contribution in [0.3, 0.4) is 0 Å². The summed E-state index contributed by atoms with van der Waals surface area (Å²) in [7, 11) is -3.55. The van der Waals surface area contributed by atoms with Gasteiger partial charge in [0.2, 0.25) is 0 Å². The maximum atomic E-state index is 13.7. The normalized spacial score (nSPS) is 18.6. The largest absolute Gasteiger partial charge is 0.303 e. The van der Waals surface area contributed by atoms with Gasteiger partial charge in [-0.1, -0.05) is 26.0 Å². The van der Waals surface area contributed by atoms with Crippen LogP contribution in [0.25, 0.3) is 0 Å². The summed E-state index contributed by atoms with van der Waals surface area (Å²) in [5, 5.41) is -0.465. The van der Waals surface area contributed by atoms with Crippen LogP contribution in [0, 0.1) is 11.7 Å². The van der Waals surface area contributed by atoms with Gasteiger partial charge in [0.25, 0.3) is 0 Å². The van der Waals surface area contributed by atoms with Gasteiger partial charge in [-0.25, -0.2) is 12.8 Å². The first-order chi connectivity index (χ1) is 9.41. The van der Waals surface area contributed by atoms with E-state index in [2.05, 4.69) is 18.7 Å². The Labute approximate surface area is 120 Å². The minimum Gasteiger partial charge on any atom is -0.303 e. The van der Waals surface area contributed by atoms with Crippen LogP contribution in [0.15, 0.2) is 29.2 Å². The van der Waals surface area contributed by atoms with Gasteiger partial charge < -0.3 is 4.90 Å². The Hall–Kier alpha value is -0.940. The summed E-state index contributed by atoms with van der Waals surface area (Å²) in [4.78, 5) is 2.10. The number of halogens is 1. The fourth-order valence-corrected chi connectivity index (χ4v) is 4.48. The topological polar surface area (TPSA) is 37.4 Å². The summed E-state index contributed by atoms with van der Waals surface area (Å²) in [6.07, 6.45) is 1.15. The van der Waals surface area contributed by atoms with Crippen LogP contribution in [0.2, 0.25) is 0 Å². The van der Waals surface area contributed by atoms with E-state index in [1.165, 1.54) is 24.1 Å². The first-order valence-electron chi connectivity index (χ1n) is 6.91. The molecule has 0 aliphatic carbocycles. The van der Waals surface area contributed by atoms with E-state index < -0.39 is 20.9 Å². The smallest absolute Gasteiger partial charge is 0.184 e. The molecule has 2 rings (SSSR count). The average Bonchev–Trinajstić information content (AvgIpc) is 2.39. The highest BCUT2D eigenvalue weighted by Crippen LogP contribution is 2.26. The van der Waals surface area contributed by atoms with Gasteiger partial charge in [0, 0.05) is 6.54 Å². The zero-order chi connectivity index (χ0) is 14.8. The van der Waals surface area contributed by atoms with Crippen molar-refractivity contribution in [3.05, 3.63) is 36.0 Å². The highest BCUT2D eigenvalue weighted by Gasteiger charge is 2.32. The Morgan fingerprint density at radius 3 is 2.40 bits per heavy atom. The van der Waals surface area contributed by atoms with Crippen LogP contribution >= 0.6 is 0 Å². The van der Waals surface area contributed by atoms with Crippen LogP contribution in [0.5, 0.6) is 0 Å². The number of hydrogen-bond acceptors (Lipinski definition) is 3. The van der Waals surface area contributed by atoms with Gasteiger partial charge >= 0.3 is 0 Å². The van der Waals surface area contributed by atoms with Gasteiger partial charge in [0.1, 0.15) is 10.7 Å². The molecular weight excluding hydrogens is 277 g/mol. The molecule has 111 valence electrons. The van der Waals surface area contributed by atoms with Crippen molar-refractivity contribution >= 4 is 9.84 Å². The van der Waals surface area contributed by atoms with E-state index in [4.69, 9.17) is 0 Å². The minimum atomic E-state index is -3.55. The molecule has 20 heavy (non-hydrogen) atoms. The van der Waals surface area contributed by atoms with Crippen LogP contribution in [-0.2, 0) is 9.84 Å². The summed E-state index contributed by atoms with van der Waals surface area (Å²) in [5.41, 5.74) is 0. The molecule has 0 spiro atoms. The predicted octanol–water partition coefficient (Wildman–Crippen LogP) is 2.68. The lowest BCUT2D eigenvalue weighted by Gasteiger charge is -2.32. The van der Waals surface area contributed by atoms with Crippen molar-refractivity contribution in [1.82, 2.24) is 4.90 Å². The van der Waals surface area contributed by atoms with Crippen LogP contribution < -0.4 is 0 Å². The quantitative estimate of drug-likeness (QED) is 0.857. The standard InChI is InChI=1S/C15H21FNO2S/c1-12(2)11-17-9-7-13(8-10-17)20(18,19)15-6-4-3-5-14(15)16/h3-6,13H,7-11H2,1-2H3. The molecule has 0 unspecified atom stereocenters. The van der Waals surface area contributed by atoms with Gasteiger partial charge in [-0.15, -0.1) is 0 Å². The van der Waals surface area contributed by atoms with E-state index in [1.807, 2.05) is 0 Å². The number of likely N-dealkylation sites (tertiary alicyclic amines) is 1. The molecule has 1 aromatic carbocycles. The Morgan fingerprint density at radius 2 is 1.85 bits per heavy atom. The number of sulfone groups is 1. The van der Waals surface area contributed by atoms with E-state index in [9.17, 15) is 12.8 Å². The van der Waals surface area contributed by atoms with E-state index in [0.717, 1.165) is 19.6 Å². The molecule has 3 nitrogen and oxygen atoms in total. The Balaban J connectivity index is 2.08. The summed E-state index contributed by atoms with van der Waals surface area (Å²) in [5.74, 6) is 0.674. The van der Waals surface area contributed by atoms with Crippen molar-refractivity contribution in [2.75, 3.05) is 19.6 Å². The summed E-state index contributed by atoms with van der Waals surface area (Å²) < 4.78 is 38.6. The number of hydrogen-bond donors (Lipinski definition) is 0. The monoisotopic (exact) mass is 298 g/mol. The fraction of sp³-hybridized carbons (Fsp3) is 0.533. The van der Waals surface area contributed by atoms with Crippen molar-refractivity contribution in [2.24, 2.45) is 0 Å². The zero-order valence-corrected chi connectivity index (χ0v) is 12.8. The summed E-state index contributed by atoms with van der Waals surface area (Å²) >= 11 is 0. The second kappa shape index (κ2) is 6.22. The van der Waals surface area contributed by atoms with Crippen molar-refractivity contribution in [3.8, 4) is 0 Å². The molecular formula is C15H21FNO2S. The first-order valence-corrected chi connectivity index (χ1v) is 8.45. The molecule has 1 radical (unpaired) electrons. The lowest BCUT2D eigenvalue weighted by molar-refractivity contribution is 0.238. The molecule has 0 N–H and O–H groups in total. The second-order valence-electron chi connectivity index (χ2n) is 5.66. The van der Waals surface area contributed by atoms with Gasteiger partial charge in [0.15, 0.2) is 9.84 Å². The molecule has 0 saturated carbocycles. The molecule has 1 heterocycles. The van der Waals surface area contributed by atoms with Crippen molar-refractivity contribution in [1.29, 1.82) is 0 Å². The molecule has 0 amide bonds. The van der Waals surface area contributed by atoms with Crippen molar-refractivity contribution in [2.45, 2.75) is 36.8 Å². The lowest BCUT2D eigenvalue weighted by Crippen LogP contribution is -2.40. The van der Waals surface area contributed by atoms with Gasteiger partial charge in [-0.05, 0) is 44.0 Å². The fourth-order valence-electron chi connectivity index (χ4n) is 2.68. The SMILES string of the molecule is C[C](C)CN1CCC(S(=O)(=O)c2ccccc2F)CC1. The first kappa shape index (κ1) is 15.4. The van der Waals surface area contributed by atoms with Gasteiger partial charge in [0.05, 0.1) is 5.25 Å². The van der Waals surface area contributed by atoms with Crippen LogP contribution in [0.1, 0.15) is 26.7 Å². The van der Waals surface area contributed by atoms with Crippen molar-refractivity contribution in [3.63, 3.8) is 0 Å². The minimum absolute atomic E-state index is 0.156. The highest BCUT2D eigenvalue weighted by atomic mass is 32.2. The second-order valence-corrected chi connectivity index (χ2v) is 7.85. The number of piperidine rings is 1. The molecule has 1 aliphatic rings. The third-order valence-corrected chi connectivity index (χ3v) is 5.95. The third-order valence-electron chi connectivity index (χ3n) is 3.66. The number of nitrogens with zero attached hydrogens (tertiary/aromatic N) is 1. The van der Waals surface area contributed by atoms with E-state index >= 15 is 0 Å². The maximum absolute atomic E-state index is 13.7. The van der Waals surface area contributed by atoms with Gasteiger partial charge in [-0.2, -0.15) is 0 Å². The number of rotatable bonds is 4. The maximum Gasteiger partial charge on any atom is 0.184 e. The molecule has 5 heteroatoms. The van der Waals surface area contributed by atoms with E-state index in [-0.39, 0.29) is 4.90 Å². The molecule has 1 aromatic rings. The summed E-state index contributed by atoms with van der Waals surface area (Å²) in [6.45, 7) is 6.56. The average molecular weight is 298 g/mol. The Kier molecular flexibility index (Phi) is 4.81. The molecule has 0 aromatic heterocycles. The highest BCUT2D eigenvalue weighted by molar-refractivity contribution is 7.92. The molecule has 1 fully saturated rings. The van der Waals surface area contributed by atoms with E-state index in [1.54, 1.807) is 6.07 Å². The Morgan fingerprint density at radius 1 is 1.25 bits per heavy atom. The molecule has 0 bridgehead atoms. The Bertz CT molecular complexity index is 549. The number of benzene rings is 1. The van der Waals surface area contributed by atoms with Gasteiger partial charge in [-0.3, -0.25) is 0 Å². The lowest BCUT2D eigenvalue weighted by atomic mass is 10.1.